The standard InChI is InChI=1S/C9H7Cl3O2/c10-6-1-2-7(11)5(3-6)4-8(12)9(13)14/h1-3,8H,4H2,(H,13,14). The maximum Gasteiger partial charge on any atom is 0.321 e. The summed E-state index contributed by atoms with van der Waals surface area (Å²) in [5.74, 6) is -1.07. The van der Waals surface area contributed by atoms with Crippen molar-refractivity contribution in [2.75, 3.05) is 0 Å². The molecule has 76 valence electrons. The number of rotatable bonds is 3. The summed E-state index contributed by atoms with van der Waals surface area (Å²) in [5, 5.41) is 8.60. The van der Waals surface area contributed by atoms with Gasteiger partial charge in [0.2, 0.25) is 0 Å². The largest absolute Gasteiger partial charge is 0.480 e. The van der Waals surface area contributed by atoms with Gasteiger partial charge in [-0.1, -0.05) is 23.2 Å². The van der Waals surface area contributed by atoms with Crippen molar-refractivity contribution in [1.29, 1.82) is 0 Å². The van der Waals surface area contributed by atoms with Crippen LogP contribution in [0.15, 0.2) is 18.2 Å². The second-order valence-electron chi connectivity index (χ2n) is 2.75. The SMILES string of the molecule is O=C(O)C(Cl)Cc1cc(Cl)ccc1Cl. The van der Waals surface area contributed by atoms with E-state index in [9.17, 15) is 4.79 Å². The number of halogens is 3. The Kier molecular flexibility index (Phi) is 4.05. The molecule has 1 aromatic rings. The first kappa shape index (κ1) is 11.6. The zero-order valence-electron chi connectivity index (χ0n) is 7.01. The monoisotopic (exact) mass is 252 g/mol. The van der Waals surface area contributed by atoms with E-state index < -0.39 is 11.3 Å². The first-order valence-corrected chi connectivity index (χ1v) is 5.00. The lowest BCUT2D eigenvalue weighted by Gasteiger charge is -2.06. The van der Waals surface area contributed by atoms with E-state index in [1.165, 1.54) is 0 Å². The number of hydrogen-bond donors (Lipinski definition) is 1. The summed E-state index contributed by atoms with van der Waals surface area (Å²) in [4.78, 5) is 10.5. The first-order chi connectivity index (χ1) is 6.50. The zero-order chi connectivity index (χ0) is 10.7. The number of carboxylic acid groups (broad SMARTS) is 1. The lowest BCUT2D eigenvalue weighted by atomic mass is 10.1. The van der Waals surface area contributed by atoms with E-state index in [1.54, 1.807) is 18.2 Å². The molecule has 1 aromatic carbocycles. The van der Waals surface area contributed by atoms with E-state index in [-0.39, 0.29) is 6.42 Å². The van der Waals surface area contributed by atoms with Crippen LogP contribution in [-0.4, -0.2) is 16.5 Å². The highest BCUT2D eigenvalue weighted by atomic mass is 35.5. The normalized spacial score (nSPS) is 12.5. The maximum absolute atomic E-state index is 10.5. The number of carboxylic acids is 1. The van der Waals surface area contributed by atoms with Gasteiger partial charge in [0.05, 0.1) is 0 Å². The Labute approximate surface area is 96.4 Å². The number of alkyl halides is 1. The van der Waals surface area contributed by atoms with Crippen molar-refractivity contribution in [3.05, 3.63) is 33.8 Å². The van der Waals surface area contributed by atoms with Gasteiger partial charge < -0.3 is 5.11 Å². The van der Waals surface area contributed by atoms with Gasteiger partial charge in [0.15, 0.2) is 0 Å². The van der Waals surface area contributed by atoms with Gasteiger partial charge in [-0.3, -0.25) is 4.79 Å². The average molecular weight is 254 g/mol. The number of carbonyl (C=O) groups is 1. The molecule has 5 heteroatoms. The molecule has 1 atom stereocenters. The van der Waals surface area contributed by atoms with E-state index in [0.29, 0.717) is 15.6 Å². The van der Waals surface area contributed by atoms with Gasteiger partial charge in [-0.2, -0.15) is 0 Å². The minimum atomic E-state index is -1.07. The zero-order valence-corrected chi connectivity index (χ0v) is 9.27. The lowest BCUT2D eigenvalue weighted by molar-refractivity contribution is -0.136. The highest BCUT2D eigenvalue weighted by molar-refractivity contribution is 6.34. The fourth-order valence-electron chi connectivity index (χ4n) is 0.980. The lowest BCUT2D eigenvalue weighted by Crippen LogP contribution is -2.16. The summed E-state index contributed by atoms with van der Waals surface area (Å²) in [6.07, 6.45) is 0.163. The minimum absolute atomic E-state index is 0.163. The molecule has 1 N–H and O–H groups in total. The fraction of sp³-hybridized carbons (Fsp3) is 0.222. The molecule has 0 fully saturated rings. The first-order valence-electron chi connectivity index (χ1n) is 3.81. The predicted octanol–water partition coefficient (Wildman–Crippen LogP) is 3.23. The molecule has 1 unspecified atom stereocenters. The molecule has 0 aliphatic heterocycles. The van der Waals surface area contributed by atoms with Gasteiger partial charge >= 0.3 is 5.97 Å². The maximum atomic E-state index is 10.5. The molecule has 0 radical (unpaired) electrons. The Balaban J connectivity index is 2.85. The Morgan fingerprint density at radius 3 is 2.64 bits per heavy atom. The smallest absolute Gasteiger partial charge is 0.321 e. The molecule has 0 aliphatic carbocycles. The molecular weight excluding hydrogens is 246 g/mol. The average Bonchev–Trinajstić information content (AvgIpc) is 2.11. The van der Waals surface area contributed by atoms with Crippen LogP contribution < -0.4 is 0 Å². The second-order valence-corrected chi connectivity index (χ2v) is 4.12. The van der Waals surface area contributed by atoms with Crippen LogP contribution in [0.2, 0.25) is 10.0 Å². The highest BCUT2D eigenvalue weighted by Gasteiger charge is 2.15. The van der Waals surface area contributed by atoms with E-state index in [1.807, 2.05) is 0 Å². The third-order valence-corrected chi connectivity index (χ3v) is 2.62. The van der Waals surface area contributed by atoms with E-state index in [4.69, 9.17) is 39.9 Å². The number of aliphatic carboxylic acids is 1. The molecule has 0 heterocycles. The summed E-state index contributed by atoms with van der Waals surface area (Å²) < 4.78 is 0. The summed E-state index contributed by atoms with van der Waals surface area (Å²) in [7, 11) is 0. The van der Waals surface area contributed by atoms with Crippen molar-refractivity contribution in [2.45, 2.75) is 11.8 Å². The van der Waals surface area contributed by atoms with Gasteiger partial charge in [-0.25, -0.2) is 0 Å². The molecule has 0 amide bonds. The van der Waals surface area contributed by atoms with Crippen LogP contribution in [0.5, 0.6) is 0 Å². The van der Waals surface area contributed by atoms with Crippen molar-refractivity contribution < 1.29 is 9.90 Å². The van der Waals surface area contributed by atoms with Crippen molar-refractivity contribution in [3.63, 3.8) is 0 Å². The summed E-state index contributed by atoms with van der Waals surface area (Å²) in [5.41, 5.74) is 0.640. The van der Waals surface area contributed by atoms with E-state index in [2.05, 4.69) is 0 Å². The van der Waals surface area contributed by atoms with Crippen molar-refractivity contribution >= 4 is 40.8 Å². The Morgan fingerprint density at radius 2 is 2.07 bits per heavy atom. The van der Waals surface area contributed by atoms with Crippen LogP contribution in [0.1, 0.15) is 5.56 Å². The molecule has 0 aromatic heterocycles. The van der Waals surface area contributed by atoms with Crippen LogP contribution in [0, 0.1) is 0 Å². The predicted molar refractivity (Wildman–Crippen MR) is 57.4 cm³/mol. The number of hydrogen-bond acceptors (Lipinski definition) is 1. The van der Waals surface area contributed by atoms with Crippen LogP contribution in [0.3, 0.4) is 0 Å². The van der Waals surface area contributed by atoms with Gasteiger partial charge in [0.1, 0.15) is 5.38 Å². The molecule has 14 heavy (non-hydrogen) atoms. The van der Waals surface area contributed by atoms with Crippen LogP contribution >= 0.6 is 34.8 Å². The summed E-state index contributed by atoms with van der Waals surface area (Å²) in [6, 6.07) is 4.87. The molecule has 2 nitrogen and oxygen atoms in total. The van der Waals surface area contributed by atoms with Gasteiger partial charge in [-0.15, -0.1) is 11.6 Å². The van der Waals surface area contributed by atoms with Gasteiger partial charge in [0, 0.05) is 16.5 Å². The second kappa shape index (κ2) is 4.87. The minimum Gasteiger partial charge on any atom is -0.480 e. The number of benzene rings is 1. The Bertz CT molecular complexity index is 352. The van der Waals surface area contributed by atoms with Gasteiger partial charge in [0.25, 0.3) is 0 Å². The molecular formula is C9H7Cl3O2. The third-order valence-electron chi connectivity index (χ3n) is 1.67. The topological polar surface area (TPSA) is 37.3 Å². The molecule has 0 aliphatic rings. The Hall–Kier alpha value is -0.440. The molecule has 1 rings (SSSR count). The summed E-state index contributed by atoms with van der Waals surface area (Å²) >= 11 is 17.1. The molecule has 0 bridgehead atoms. The van der Waals surface area contributed by atoms with E-state index >= 15 is 0 Å². The van der Waals surface area contributed by atoms with Crippen molar-refractivity contribution in [2.24, 2.45) is 0 Å². The Morgan fingerprint density at radius 1 is 1.43 bits per heavy atom. The molecule has 0 saturated carbocycles. The molecule has 0 saturated heterocycles. The van der Waals surface area contributed by atoms with Crippen molar-refractivity contribution in [1.82, 2.24) is 0 Å². The molecule has 0 spiro atoms. The quantitative estimate of drug-likeness (QED) is 0.840. The van der Waals surface area contributed by atoms with Crippen molar-refractivity contribution in [3.8, 4) is 0 Å². The fourth-order valence-corrected chi connectivity index (χ4v) is 1.54. The highest BCUT2D eigenvalue weighted by Crippen LogP contribution is 2.23. The summed E-state index contributed by atoms with van der Waals surface area (Å²) in [6.45, 7) is 0. The third kappa shape index (κ3) is 3.05. The van der Waals surface area contributed by atoms with Crippen LogP contribution in [-0.2, 0) is 11.2 Å². The van der Waals surface area contributed by atoms with Gasteiger partial charge in [-0.05, 0) is 23.8 Å². The van der Waals surface area contributed by atoms with Crippen LogP contribution in [0.25, 0.3) is 0 Å². The van der Waals surface area contributed by atoms with E-state index in [0.717, 1.165) is 0 Å². The van der Waals surface area contributed by atoms with Crippen LogP contribution in [0.4, 0.5) is 0 Å².